The Bertz CT molecular complexity index is 274. The van der Waals surface area contributed by atoms with Crippen molar-refractivity contribution < 1.29 is 36.8 Å². The van der Waals surface area contributed by atoms with Crippen LogP contribution in [-0.4, -0.2) is 16.2 Å². The summed E-state index contributed by atoms with van der Waals surface area (Å²) in [5, 5.41) is 17.3. The molecule has 0 amide bonds. The van der Waals surface area contributed by atoms with Crippen molar-refractivity contribution in [2.45, 2.75) is 0 Å². The second-order valence-electron chi connectivity index (χ2n) is 1.82. The number of aromatic hydroxyl groups is 1. The molecule has 0 aliphatic carbocycles. The summed E-state index contributed by atoms with van der Waals surface area (Å²) in [5.41, 5.74) is -0.0671. The quantitative estimate of drug-likeness (QED) is 0.690. The van der Waals surface area contributed by atoms with E-state index >= 15 is 0 Å². The third kappa shape index (κ3) is 2.88. The second-order valence-corrected chi connectivity index (χ2v) is 1.82. The van der Waals surface area contributed by atoms with E-state index in [1.807, 2.05) is 0 Å². The average molecular weight is 220 g/mol. The fourth-order valence-electron chi connectivity index (χ4n) is 0.654. The number of carboxylic acid groups (broad SMARTS) is 1. The first-order chi connectivity index (χ1) is 5.72. The number of para-hydroxylation sites is 1. The number of hydrogen-bond acceptors (Lipinski definition) is 3. The van der Waals surface area contributed by atoms with Crippen LogP contribution in [0.3, 0.4) is 0 Å². The van der Waals surface area contributed by atoms with Gasteiger partial charge in [0.05, 0.1) is 0 Å². The van der Waals surface area contributed by atoms with Crippen molar-refractivity contribution in [1.29, 1.82) is 0 Å². The topological polar surface area (TPSA) is 74.6 Å². The van der Waals surface area contributed by atoms with Crippen LogP contribution in [0.15, 0.2) is 24.3 Å². The van der Waals surface area contributed by atoms with E-state index in [-0.39, 0.29) is 29.6 Å². The van der Waals surface area contributed by atoms with Gasteiger partial charge in [-0.25, -0.2) is 4.79 Å². The molecule has 0 spiro atoms. The summed E-state index contributed by atoms with van der Waals surface area (Å²) in [6, 6.07) is 5.81. The third-order valence-electron chi connectivity index (χ3n) is 1.13. The second kappa shape index (κ2) is 5.55. The van der Waals surface area contributed by atoms with Crippen molar-refractivity contribution in [2.24, 2.45) is 0 Å². The van der Waals surface area contributed by atoms with E-state index in [1.54, 1.807) is 12.1 Å². The van der Waals surface area contributed by atoms with Crippen molar-refractivity contribution in [3.05, 3.63) is 29.8 Å². The van der Waals surface area contributed by atoms with Crippen molar-refractivity contribution in [2.75, 3.05) is 0 Å². The molecule has 0 saturated heterocycles. The van der Waals surface area contributed by atoms with E-state index in [9.17, 15) is 4.79 Å². The molecule has 0 aliphatic heterocycles. The van der Waals surface area contributed by atoms with Crippen LogP contribution in [0.1, 0.15) is 10.4 Å². The van der Waals surface area contributed by atoms with Gasteiger partial charge in [-0.15, -0.1) is 0 Å². The number of hydrogen-bond donors (Lipinski definition) is 2. The Morgan fingerprint density at radius 3 is 2.08 bits per heavy atom. The normalized spacial score (nSPS) is 8.17. The number of rotatable bonds is 1. The molecule has 0 saturated carbocycles. The van der Waals surface area contributed by atoms with Gasteiger partial charge in [0.15, 0.2) is 0 Å². The van der Waals surface area contributed by atoms with Gasteiger partial charge >= 0.3 is 27.8 Å². The predicted molar refractivity (Wildman–Crippen MR) is 35.8 cm³/mol. The first-order valence-corrected chi connectivity index (χ1v) is 4.23. The Hall–Kier alpha value is -1.09. The molecular formula is C7H6O4Zn. The minimum absolute atomic E-state index is 0.0671. The Balaban J connectivity index is 0.000000561. The molecule has 0 fully saturated rings. The maximum atomic E-state index is 10.3. The van der Waals surface area contributed by atoms with Gasteiger partial charge in [0, 0.05) is 0 Å². The third-order valence-corrected chi connectivity index (χ3v) is 1.13. The minimum atomic E-state index is -1.11. The summed E-state index contributed by atoms with van der Waals surface area (Å²) >= 11 is 0.125. The fraction of sp³-hybridized carbons (Fsp3) is 0. The molecule has 1 aromatic carbocycles. The van der Waals surface area contributed by atoms with E-state index in [0.29, 0.717) is 0 Å². The number of carboxylic acids is 1. The molecule has 12 heavy (non-hydrogen) atoms. The maximum absolute atomic E-state index is 10.3. The molecule has 0 aromatic heterocycles. The molecule has 5 heteroatoms. The van der Waals surface area contributed by atoms with Crippen LogP contribution in [0, 0.1) is 0 Å². The van der Waals surface area contributed by atoms with Gasteiger partial charge in [-0.2, -0.15) is 0 Å². The zero-order valence-electron chi connectivity index (χ0n) is 6.23. The molecule has 0 radical (unpaired) electrons. The van der Waals surface area contributed by atoms with Crippen LogP contribution < -0.4 is 0 Å². The number of carbonyl (C=O) groups is 1. The standard InChI is InChI=1S/C7H6O3.O.Zn/c8-6-4-2-1-3-5(6)7(9)10;;/h1-4,8H,(H,9,10);;. The van der Waals surface area contributed by atoms with Gasteiger partial charge in [-0.05, 0) is 12.1 Å². The summed E-state index contributed by atoms with van der Waals surface area (Å²) in [6.45, 7) is 0. The van der Waals surface area contributed by atoms with E-state index in [1.165, 1.54) is 12.1 Å². The molecule has 1 aromatic rings. The van der Waals surface area contributed by atoms with Crippen molar-refractivity contribution in [3.8, 4) is 5.75 Å². The number of aromatic carboxylic acids is 1. The summed E-state index contributed by atoms with van der Waals surface area (Å²) < 4.78 is 8.38. The van der Waals surface area contributed by atoms with Crippen molar-refractivity contribution in [3.63, 3.8) is 0 Å². The summed E-state index contributed by atoms with van der Waals surface area (Å²) in [5.74, 6) is -1.31. The molecule has 1 rings (SSSR count). The Kier molecular flexibility index (Phi) is 5.05. The molecule has 0 unspecified atom stereocenters. The van der Waals surface area contributed by atoms with Crippen LogP contribution in [-0.2, 0) is 21.8 Å². The monoisotopic (exact) mass is 218 g/mol. The zero-order valence-corrected chi connectivity index (χ0v) is 9.19. The van der Waals surface area contributed by atoms with Gasteiger partial charge in [0.1, 0.15) is 11.3 Å². The Morgan fingerprint density at radius 1 is 1.25 bits per heavy atom. The van der Waals surface area contributed by atoms with Crippen molar-refractivity contribution >= 4 is 5.97 Å². The zero-order chi connectivity index (χ0) is 9.56. The summed E-state index contributed by atoms with van der Waals surface area (Å²) in [4.78, 5) is 10.3. The van der Waals surface area contributed by atoms with Gasteiger partial charge in [-0.1, -0.05) is 12.1 Å². The van der Waals surface area contributed by atoms with E-state index in [2.05, 4.69) is 0 Å². The van der Waals surface area contributed by atoms with Crippen molar-refractivity contribution in [1.82, 2.24) is 0 Å². The molecular weight excluding hydrogens is 213 g/mol. The first-order valence-electron chi connectivity index (χ1n) is 3.02. The SMILES string of the molecule is O=C(O)c1ccccc1O.[O]=[Zn]. The van der Waals surface area contributed by atoms with Crippen LogP contribution in [0.25, 0.3) is 0 Å². The fourth-order valence-corrected chi connectivity index (χ4v) is 0.654. The molecule has 0 atom stereocenters. The van der Waals surface area contributed by atoms with Crippen LogP contribution in [0.5, 0.6) is 5.75 Å². The van der Waals surface area contributed by atoms with Gasteiger partial charge < -0.3 is 10.2 Å². The van der Waals surface area contributed by atoms with E-state index in [0.717, 1.165) is 0 Å². The summed E-state index contributed by atoms with van der Waals surface area (Å²) in [6.07, 6.45) is 0. The van der Waals surface area contributed by atoms with E-state index < -0.39 is 5.97 Å². The molecule has 4 nitrogen and oxygen atoms in total. The molecule has 0 heterocycles. The van der Waals surface area contributed by atoms with Gasteiger partial charge in [0.25, 0.3) is 0 Å². The first kappa shape index (κ1) is 10.9. The van der Waals surface area contributed by atoms with Crippen LogP contribution >= 0.6 is 0 Å². The molecule has 2 N–H and O–H groups in total. The number of benzene rings is 1. The Morgan fingerprint density at radius 2 is 1.75 bits per heavy atom. The molecule has 0 bridgehead atoms. The van der Waals surface area contributed by atoms with Gasteiger partial charge in [0.2, 0.25) is 0 Å². The van der Waals surface area contributed by atoms with E-state index in [4.69, 9.17) is 13.8 Å². The van der Waals surface area contributed by atoms with Crippen LogP contribution in [0.2, 0.25) is 0 Å². The van der Waals surface area contributed by atoms with Gasteiger partial charge in [-0.3, -0.25) is 0 Å². The summed E-state index contributed by atoms with van der Waals surface area (Å²) in [7, 11) is 0. The number of phenols is 1. The molecule has 0 aliphatic rings. The average Bonchev–Trinajstić information content (AvgIpc) is 2.08. The predicted octanol–water partition coefficient (Wildman–Crippen LogP) is 0.969. The Labute approximate surface area is 78.8 Å². The van der Waals surface area contributed by atoms with Crippen LogP contribution in [0.4, 0.5) is 0 Å². The molecule has 60 valence electrons.